The Morgan fingerprint density at radius 2 is 1.74 bits per heavy atom. The zero-order valence-electron chi connectivity index (χ0n) is 11.2. The summed E-state index contributed by atoms with van der Waals surface area (Å²) in [4.78, 5) is 0. The van der Waals surface area contributed by atoms with E-state index in [4.69, 9.17) is 0 Å². The Morgan fingerprint density at radius 3 is 2.16 bits per heavy atom. The predicted molar refractivity (Wildman–Crippen MR) is 70.3 cm³/mol. The molecule has 1 atom stereocenters. The summed E-state index contributed by atoms with van der Waals surface area (Å²) < 4.78 is 53.9. The van der Waals surface area contributed by atoms with Crippen LogP contribution in [0.5, 0.6) is 0 Å². The summed E-state index contributed by atoms with van der Waals surface area (Å²) in [7, 11) is 0. The molecular weight excluding hydrogens is 278 g/mol. The molecule has 0 aliphatic rings. The molecule has 1 aromatic rings. The minimum atomic E-state index is -4.52. The van der Waals surface area contributed by atoms with Crippen LogP contribution in [0.3, 0.4) is 0 Å². The summed E-state index contributed by atoms with van der Waals surface area (Å²) in [5.74, 6) is -0.843. The van der Waals surface area contributed by atoms with Gasteiger partial charge in [-0.3, -0.25) is 4.72 Å². The van der Waals surface area contributed by atoms with E-state index in [0.29, 0.717) is 6.07 Å². The Labute approximate surface area is 114 Å². The van der Waals surface area contributed by atoms with Crippen LogP contribution in [-0.2, 0) is 6.18 Å². The molecule has 0 saturated heterocycles. The molecule has 1 N–H and O–H groups in total. The molecule has 1 unspecified atom stereocenters. The van der Waals surface area contributed by atoms with Crippen molar-refractivity contribution in [2.24, 2.45) is 0 Å². The van der Waals surface area contributed by atoms with Crippen LogP contribution < -0.4 is 4.72 Å². The third kappa shape index (κ3) is 5.03. The highest BCUT2D eigenvalue weighted by molar-refractivity contribution is 7.98. The van der Waals surface area contributed by atoms with Crippen molar-refractivity contribution in [3.63, 3.8) is 0 Å². The van der Waals surface area contributed by atoms with Gasteiger partial charge in [-0.25, -0.2) is 4.39 Å². The van der Waals surface area contributed by atoms with Crippen molar-refractivity contribution >= 4 is 11.9 Å². The second-order valence-corrected chi connectivity index (χ2v) is 6.95. The van der Waals surface area contributed by atoms with Gasteiger partial charge >= 0.3 is 6.18 Å². The van der Waals surface area contributed by atoms with Gasteiger partial charge < -0.3 is 0 Å². The van der Waals surface area contributed by atoms with Gasteiger partial charge in [0.15, 0.2) is 0 Å². The van der Waals surface area contributed by atoms with E-state index in [0.717, 1.165) is 6.07 Å². The van der Waals surface area contributed by atoms with Crippen molar-refractivity contribution in [1.29, 1.82) is 0 Å². The summed E-state index contributed by atoms with van der Waals surface area (Å²) in [6, 6.07) is 2.25. The Hall–Kier alpha value is -0.750. The molecule has 0 spiro atoms. The van der Waals surface area contributed by atoms with Crippen LogP contribution >= 0.6 is 11.9 Å². The summed E-state index contributed by atoms with van der Waals surface area (Å²) in [6.07, 6.45) is -4.52. The zero-order valence-corrected chi connectivity index (χ0v) is 12.0. The van der Waals surface area contributed by atoms with Crippen LogP contribution in [0.15, 0.2) is 18.2 Å². The highest BCUT2D eigenvalue weighted by Gasteiger charge is 2.31. The SMILES string of the molecule is CC(NSC(C)(C)C)c1ccc(C(F)(F)F)cc1F. The molecule has 1 nitrogen and oxygen atoms in total. The number of nitrogens with one attached hydrogen (secondary N) is 1. The lowest BCUT2D eigenvalue weighted by Gasteiger charge is -2.22. The Balaban J connectivity index is 2.85. The fourth-order valence-electron chi connectivity index (χ4n) is 1.38. The minimum Gasteiger partial charge on any atom is -0.256 e. The van der Waals surface area contributed by atoms with Gasteiger partial charge in [-0.1, -0.05) is 18.0 Å². The summed E-state index contributed by atoms with van der Waals surface area (Å²) >= 11 is 1.42. The lowest BCUT2D eigenvalue weighted by molar-refractivity contribution is -0.137. The molecule has 0 saturated carbocycles. The van der Waals surface area contributed by atoms with Gasteiger partial charge in [-0.15, -0.1) is 0 Å². The van der Waals surface area contributed by atoms with Gasteiger partial charge in [0.1, 0.15) is 5.82 Å². The van der Waals surface area contributed by atoms with E-state index in [1.807, 2.05) is 20.8 Å². The van der Waals surface area contributed by atoms with Crippen LogP contribution in [0.1, 0.15) is 44.9 Å². The maximum Gasteiger partial charge on any atom is 0.416 e. The molecule has 0 aliphatic carbocycles. The average molecular weight is 295 g/mol. The molecule has 19 heavy (non-hydrogen) atoms. The first-order valence-electron chi connectivity index (χ1n) is 5.81. The van der Waals surface area contributed by atoms with E-state index in [1.165, 1.54) is 18.0 Å². The normalized spacial score (nSPS) is 14.5. The van der Waals surface area contributed by atoms with Gasteiger partial charge in [-0.2, -0.15) is 13.2 Å². The van der Waals surface area contributed by atoms with Crippen molar-refractivity contribution in [2.75, 3.05) is 0 Å². The molecule has 0 radical (unpaired) electrons. The van der Waals surface area contributed by atoms with Gasteiger partial charge in [0, 0.05) is 16.4 Å². The van der Waals surface area contributed by atoms with Crippen LogP contribution in [0.4, 0.5) is 17.6 Å². The molecule has 1 rings (SSSR count). The molecule has 0 fully saturated rings. The number of hydrogen-bond acceptors (Lipinski definition) is 2. The average Bonchev–Trinajstić information content (AvgIpc) is 2.23. The summed E-state index contributed by atoms with van der Waals surface area (Å²) in [5.41, 5.74) is -0.742. The van der Waals surface area contributed by atoms with E-state index in [2.05, 4.69) is 4.72 Å². The zero-order chi connectivity index (χ0) is 14.8. The van der Waals surface area contributed by atoms with Crippen LogP contribution in [-0.4, -0.2) is 4.75 Å². The molecular formula is C13H17F4NS. The first-order chi connectivity index (χ1) is 8.50. The molecule has 1 aromatic carbocycles. The predicted octanol–water partition coefficient (Wildman–Crippen LogP) is 4.94. The first kappa shape index (κ1) is 16.3. The fraction of sp³-hybridized carbons (Fsp3) is 0.538. The van der Waals surface area contributed by atoms with Crippen molar-refractivity contribution in [1.82, 2.24) is 4.72 Å². The number of alkyl halides is 3. The Kier molecular flexibility index (Phi) is 4.90. The molecule has 0 aromatic heterocycles. The largest absolute Gasteiger partial charge is 0.416 e. The smallest absolute Gasteiger partial charge is 0.256 e. The molecule has 0 aliphatic heterocycles. The van der Waals surface area contributed by atoms with Crippen molar-refractivity contribution in [3.05, 3.63) is 35.1 Å². The quantitative estimate of drug-likeness (QED) is 0.626. The molecule has 0 heterocycles. The van der Waals surface area contributed by atoms with Crippen LogP contribution in [0, 0.1) is 5.82 Å². The van der Waals surface area contributed by atoms with Crippen LogP contribution in [0.2, 0.25) is 0 Å². The second kappa shape index (κ2) is 5.71. The highest BCUT2D eigenvalue weighted by atomic mass is 32.2. The number of halogens is 4. The molecule has 108 valence electrons. The van der Waals surface area contributed by atoms with Gasteiger partial charge in [-0.05, 0) is 39.8 Å². The van der Waals surface area contributed by atoms with Gasteiger partial charge in [0.25, 0.3) is 0 Å². The van der Waals surface area contributed by atoms with E-state index >= 15 is 0 Å². The van der Waals surface area contributed by atoms with E-state index < -0.39 is 17.6 Å². The van der Waals surface area contributed by atoms with Crippen molar-refractivity contribution in [2.45, 2.75) is 44.7 Å². The molecule has 0 bridgehead atoms. The standard InChI is InChI=1S/C13H17F4NS/c1-8(18-19-12(2,3)4)10-6-5-9(7-11(10)14)13(15,16)17/h5-8,18H,1-4H3. The Morgan fingerprint density at radius 1 is 1.16 bits per heavy atom. The fourth-order valence-corrected chi connectivity index (χ4v) is 2.04. The van der Waals surface area contributed by atoms with Crippen molar-refractivity contribution in [3.8, 4) is 0 Å². The number of hydrogen-bond donors (Lipinski definition) is 1. The maximum atomic E-state index is 13.7. The minimum absolute atomic E-state index is 0.0589. The van der Waals surface area contributed by atoms with Crippen LogP contribution in [0.25, 0.3) is 0 Å². The molecule has 0 amide bonds. The summed E-state index contributed by atoms with van der Waals surface area (Å²) in [5, 5.41) is 0. The summed E-state index contributed by atoms with van der Waals surface area (Å²) in [6.45, 7) is 7.67. The second-order valence-electron chi connectivity index (χ2n) is 5.29. The lowest BCUT2D eigenvalue weighted by atomic mass is 10.1. The topological polar surface area (TPSA) is 12.0 Å². The van der Waals surface area contributed by atoms with E-state index in [-0.39, 0.29) is 16.4 Å². The van der Waals surface area contributed by atoms with E-state index in [9.17, 15) is 17.6 Å². The third-order valence-corrected chi connectivity index (χ3v) is 3.42. The number of rotatable bonds is 3. The van der Waals surface area contributed by atoms with Crippen molar-refractivity contribution < 1.29 is 17.6 Å². The van der Waals surface area contributed by atoms with Gasteiger partial charge in [0.05, 0.1) is 5.56 Å². The maximum absolute atomic E-state index is 13.7. The van der Waals surface area contributed by atoms with E-state index in [1.54, 1.807) is 6.92 Å². The Bertz CT molecular complexity index is 437. The number of benzene rings is 1. The monoisotopic (exact) mass is 295 g/mol. The molecule has 6 heteroatoms. The first-order valence-corrected chi connectivity index (χ1v) is 6.62. The third-order valence-electron chi connectivity index (χ3n) is 2.34. The lowest BCUT2D eigenvalue weighted by Crippen LogP contribution is -2.20. The van der Waals surface area contributed by atoms with Gasteiger partial charge in [0.2, 0.25) is 0 Å². The highest BCUT2D eigenvalue weighted by Crippen LogP contribution is 2.32.